The normalized spacial score (nSPS) is 17.4. The van der Waals surface area contributed by atoms with Gasteiger partial charge in [0.1, 0.15) is 5.25 Å². The second-order valence-corrected chi connectivity index (χ2v) is 5.51. The smallest absolute Gasteiger partial charge is 0.267 e. The lowest BCUT2D eigenvalue weighted by Crippen LogP contribution is -2.31. The molecule has 0 bridgehead atoms. The molecule has 0 saturated heterocycles. The minimum absolute atomic E-state index is 0.0152. The van der Waals surface area contributed by atoms with E-state index in [9.17, 15) is 9.35 Å². The first-order valence-electron chi connectivity index (χ1n) is 4.89. The lowest BCUT2D eigenvalue weighted by molar-refractivity contribution is -0.115. The Labute approximate surface area is 91.8 Å². The van der Waals surface area contributed by atoms with Gasteiger partial charge in [0, 0.05) is 12.8 Å². The fourth-order valence-electron chi connectivity index (χ4n) is 1.96. The number of rotatable bonds is 3. The van der Waals surface area contributed by atoms with Crippen LogP contribution in [0.4, 0.5) is 0 Å². The third kappa shape index (κ3) is 2.33. The summed E-state index contributed by atoms with van der Waals surface area (Å²) < 4.78 is 11.7. The van der Waals surface area contributed by atoms with Crippen LogP contribution in [-0.2, 0) is 28.8 Å². The predicted molar refractivity (Wildman–Crippen MR) is 59.8 cm³/mol. The number of primary amides is 1. The van der Waals surface area contributed by atoms with Gasteiger partial charge in [0.25, 0.3) is 5.91 Å². The van der Waals surface area contributed by atoms with Gasteiger partial charge in [0.05, 0.1) is 0 Å². The number of fused-ring (bicyclic) bond motifs is 1. The van der Waals surface area contributed by atoms with Crippen molar-refractivity contribution in [3.8, 4) is 0 Å². The Balaban J connectivity index is 2.03. The molecule has 0 aliphatic heterocycles. The van der Waals surface area contributed by atoms with Crippen LogP contribution in [0.2, 0.25) is 0 Å². The third-order valence-corrected chi connectivity index (χ3v) is 4.32. The van der Waals surface area contributed by atoms with Gasteiger partial charge in [0.15, 0.2) is 5.75 Å². The second kappa shape index (κ2) is 4.24. The SMILES string of the molecule is NC(=O)C[S+]([O-])C1Cc2ccccc2C1. The number of amides is 1. The summed E-state index contributed by atoms with van der Waals surface area (Å²) in [7, 11) is 0. The Morgan fingerprint density at radius 3 is 2.40 bits per heavy atom. The molecule has 15 heavy (non-hydrogen) atoms. The van der Waals surface area contributed by atoms with E-state index in [0.29, 0.717) is 0 Å². The molecule has 1 aromatic carbocycles. The molecule has 3 nitrogen and oxygen atoms in total. The van der Waals surface area contributed by atoms with Gasteiger partial charge in [-0.2, -0.15) is 0 Å². The van der Waals surface area contributed by atoms with Gasteiger partial charge in [-0.1, -0.05) is 24.3 Å². The van der Waals surface area contributed by atoms with Crippen LogP contribution in [0.3, 0.4) is 0 Å². The Morgan fingerprint density at radius 2 is 1.93 bits per heavy atom. The number of carbonyl (C=O) groups excluding carboxylic acids is 1. The summed E-state index contributed by atoms with van der Waals surface area (Å²) >= 11 is -1.13. The number of hydrogen-bond acceptors (Lipinski definition) is 2. The van der Waals surface area contributed by atoms with E-state index in [4.69, 9.17) is 5.73 Å². The fraction of sp³-hybridized carbons (Fsp3) is 0.364. The van der Waals surface area contributed by atoms with E-state index in [1.165, 1.54) is 11.1 Å². The average molecular weight is 223 g/mol. The summed E-state index contributed by atoms with van der Waals surface area (Å²) in [6, 6.07) is 8.07. The minimum atomic E-state index is -1.13. The molecule has 4 heteroatoms. The zero-order valence-electron chi connectivity index (χ0n) is 8.31. The maximum atomic E-state index is 11.7. The molecule has 1 atom stereocenters. The minimum Gasteiger partial charge on any atom is -0.616 e. The van der Waals surface area contributed by atoms with Crippen molar-refractivity contribution < 1.29 is 9.35 Å². The maximum absolute atomic E-state index is 11.7. The van der Waals surface area contributed by atoms with Gasteiger partial charge in [0.2, 0.25) is 0 Å². The second-order valence-electron chi connectivity index (χ2n) is 3.79. The summed E-state index contributed by atoms with van der Waals surface area (Å²) in [5.74, 6) is -0.497. The quantitative estimate of drug-likeness (QED) is 0.753. The van der Waals surface area contributed by atoms with Crippen LogP contribution < -0.4 is 5.73 Å². The average Bonchev–Trinajstić information content (AvgIpc) is 2.59. The largest absolute Gasteiger partial charge is 0.616 e. The molecule has 1 aliphatic rings. The molecule has 2 N–H and O–H groups in total. The first-order valence-corrected chi connectivity index (χ1v) is 6.27. The van der Waals surface area contributed by atoms with Crippen LogP contribution in [0.15, 0.2) is 24.3 Å². The molecule has 80 valence electrons. The molecule has 0 heterocycles. The number of benzene rings is 1. The topological polar surface area (TPSA) is 66.2 Å². The first kappa shape index (κ1) is 10.5. The maximum Gasteiger partial charge on any atom is 0.267 e. The molecule has 1 aliphatic carbocycles. The highest BCUT2D eigenvalue weighted by Gasteiger charge is 2.31. The zero-order chi connectivity index (χ0) is 10.8. The molecule has 2 rings (SSSR count). The van der Waals surface area contributed by atoms with E-state index < -0.39 is 17.1 Å². The van der Waals surface area contributed by atoms with Crippen LogP contribution >= 0.6 is 0 Å². The monoisotopic (exact) mass is 223 g/mol. The summed E-state index contributed by atoms with van der Waals surface area (Å²) in [5.41, 5.74) is 7.53. The van der Waals surface area contributed by atoms with Crippen molar-refractivity contribution in [1.29, 1.82) is 0 Å². The van der Waals surface area contributed by atoms with Gasteiger partial charge in [-0.3, -0.25) is 4.79 Å². The van der Waals surface area contributed by atoms with Crippen LogP contribution in [0.25, 0.3) is 0 Å². The van der Waals surface area contributed by atoms with E-state index in [1.54, 1.807) is 0 Å². The highest BCUT2D eigenvalue weighted by Crippen LogP contribution is 2.26. The van der Waals surface area contributed by atoms with Crippen molar-refractivity contribution in [3.63, 3.8) is 0 Å². The molecular formula is C11H13NO2S. The van der Waals surface area contributed by atoms with E-state index in [1.807, 2.05) is 12.1 Å². The van der Waals surface area contributed by atoms with Gasteiger partial charge in [-0.15, -0.1) is 0 Å². The zero-order valence-corrected chi connectivity index (χ0v) is 9.13. The van der Waals surface area contributed by atoms with Gasteiger partial charge >= 0.3 is 0 Å². The van der Waals surface area contributed by atoms with Crippen LogP contribution in [-0.4, -0.2) is 21.5 Å². The first-order chi connectivity index (χ1) is 7.16. The van der Waals surface area contributed by atoms with Crippen molar-refractivity contribution in [3.05, 3.63) is 35.4 Å². The lowest BCUT2D eigenvalue weighted by Gasteiger charge is -2.15. The third-order valence-electron chi connectivity index (χ3n) is 2.67. The number of carbonyl (C=O) groups is 1. The predicted octanol–water partition coefficient (Wildman–Crippen LogP) is 0.388. The van der Waals surface area contributed by atoms with E-state index in [-0.39, 0.29) is 11.0 Å². The molecule has 0 aromatic heterocycles. The lowest BCUT2D eigenvalue weighted by atomic mass is 10.1. The fourth-order valence-corrected chi connectivity index (χ4v) is 3.21. The van der Waals surface area contributed by atoms with E-state index in [0.717, 1.165) is 12.8 Å². The molecule has 0 spiro atoms. The van der Waals surface area contributed by atoms with E-state index >= 15 is 0 Å². The number of hydrogen-bond donors (Lipinski definition) is 1. The van der Waals surface area contributed by atoms with Gasteiger partial charge in [-0.05, 0) is 22.3 Å². The van der Waals surface area contributed by atoms with Crippen LogP contribution in [0, 0.1) is 0 Å². The molecule has 0 fully saturated rings. The molecule has 0 radical (unpaired) electrons. The van der Waals surface area contributed by atoms with Gasteiger partial charge in [-0.25, -0.2) is 0 Å². The molecule has 1 amide bonds. The molecular weight excluding hydrogens is 210 g/mol. The van der Waals surface area contributed by atoms with Crippen molar-refractivity contribution in [2.75, 3.05) is 5.75 Å². The summed E-state index contributed by atoms with van der Waals surface area (Å²) in [5, 5.41) is 0.0647. The van der Waals surface area contributed by atoms with Crippen molar-refractivity contribution >= 4 is 17.1 Å². The Bertz CT molecular complexity index is 356. The molecule has 1 unspecified atom stereocenters. The standard InChI is InChI=1S/C11H13NO2S/c12-11(13)7-15(14)10-5-8-3-1-2-4-9(8)6-10/h1-4,10H,5-7H2,(H2,12,13). The Morgan fingerprint density at radius 1 is 1.40 bits per heavy atom. The van der Waals surface area contributed by atoms with Crippen LogP contribution in [0.5, 0.6) is 0 Å². The van der Waals surface area contributed by atoms with Crippen LogP contribution in [0.1, 0.15) is 11.1 Å². The molecule has 1 aromatic rings. The Hall–Kier alpha value is -1.00. The highest BCUT2D eigenvalue weighted by atomic mass is 32.2. The van der Waals surface area contributed by atoms with Crippen molar-refractivity contribution in [1.82, 2.24) is 0 Å². The summed E-state index contributed by atoms with van der Waals surface area (Å²) in [6.07, 6.45) is 1.60. The summed E-state index contributed by atoms with van der Waals surface area (Å²) in [4.78, 5) is 10.7. The highest BCUT2D eigenvalue weighted by molar-refractivity contribution is 7.92. The van der Waals surface area contributed by atoms with Crippen molar-refractivity contribution in [2.24, 2.45) is 5.73 Å². The Kier molecular flexibility index (Phi) is 2.98. The van der Waals surface area contributed by atoms with Crippen molar-refractivity contribution in [2.45, 2.75) is 18.1 Å². The van der Waals surface area contributed by atoms with E-state index in [2.05, 4.69) is 12.1 Å². The molecule has 0 saturated carbocycles. The summed E-state index contributed by atoms with van der Waals surface area (Å²) in [6.45, 7) is 0. The van der Waals surface area contributed by atoms with Gasteiger partial charge < -0.3 is 10.3 Å². The number of nitrogens with two attached hydrogens (primary N) is 1.